The molecule has 4 aliphatic rings. The Hall–Kier alpha value is -0.300. The van der Waals surface area contributed by atoms with Crippen molar-refractivity contribution in [2.75, 3.05) is 0 Å². The van der Waals surface area contributed by atoms with E-state index in [0.717, 1.165) is 36.5 Å². The number of rotatable bonds is 5. The highest BCUT2D eigenvalue weighted by molar-refractivity contribution is 5.27. The normalized spacial score (nSPS) is 46.5. The van der Waals surface area contributed by atoms with Gasteiger partial charge in [-0.05, 0) is 91.8 Å². The van der Waals surface area contributed by atoms with E-state index >= 15 is 0 Å². The molecule has 0 heterocycles. The van der Waals surface area contributed by atoms with Crippen LogP contribution in [0.4, 0.5) is 0 Å². The molecule has 0 aromatic rings. The first kappa shape index (κ1) is 21.0. The summed E-state index contributed by atoms with van der Waals surface area (Å²) >= 11 is 0. The molecule has 160 valence electrons. The van der Waals surface area contributed by atoms with Gasteiger partial charge in [-0.15, -0.1) is 0 Å². The van der Waals surface area contributed by atoms with Gasteiger partial charge in [0.05, 0.1) is 5.60 Å². The lowest BCUT2D eigenvalue weighted by atomic mass is 9.45. The standard InChI is InChI=1S/C27H46O/c1-19(2)9-8-10-20(3)22-15-18-27(28)24-13-12-21-11-6-7-16-25(21,4)23(24)14-17-26(22,27)5/h12,19-20,22-24,28H,6-11,13-18H2,1-5H3/t20-,22-,23+,24-,25+,26-,27?/m1/s1. The molecule has 0 aromatic carbocycles. The Morgan fingerprint density at radius 1 is 1.00 bits per heavy atom. The molecule has 0 saturated heterocycles. The Kier molecular flexibility index (Phi) is 5.56. The Bertz CT molecular complexity index is 605. The van der Waals surface area contributed by atoms with Crippen LogP contribution >= 0.6 is 0 Å². The predicted molar refractivity (Wildman–Crippen MR) is 119 cm³/mol. The summed E-state index contributed by atoms with van der Waals surface area (Å²) in [5.41, 5.74) is 1.86. The van der Waals surface area contributed by atoms with Gasteiger partial charge in [-0.1, -0.05) is 72.0 Å². The molecular weight excluding hydrogens is 340 g/mol. The average molecular weight is 387 g/mol. The van der Waals surface area contributed by atoms with E-state index in [1.54, 1.807) is 5.57 Å². The summed E-state index contributed by atoms with van der Waals surface area (Å²) in [6, 6.07) is 0. The zero-order valence-corrected chi connectivity index (χ0v) is 19.4. The van der Waals surface area contributed by atoms with Crippen molar-refractivity contribution in [2.45, 2.75) is 117 Å². The molecule has 3 saturated carbocycles. The molecule has 3 fully saturated rings. The number of allylic oxidation sites excluding steroid dienone is 2. The molecule has 0 spiro atoms. The summed E-state index contributed by atoms with van der Waals surface area (Å²) in [4.78, 5) is 0. The zero-order valence-electron chi connectivity index (χ0n) is 19.4. The lowest BCUT2D eigenvalue weighted by molar-refractivity contribution is -0.182. The molecule has 0 amide bonds. The fourth-order valence-corrected chi connectivity index (χ4v) is 8.67. The Morgan fingerprint density at radius 2 is 1.79 bits per heavy atom. The third kappa shape index (κ3) is 3.05. The van der Waals surface area contributed by atoms with Gasteiger partial charge < -0.3 is 5.11 Å². The van der Waals surface area contributed by atoms with Gasteiger partial charge in [-0.3, -0.25) is 0 Å². The van der Waals surface area contributed by atoms with Crippen molar-refractivity contribution >= 4 is 0 Å². The maximum Gasteiger partial charge on any atom is 0.0737 e. The monoisotopic (exact) mass is 386 g/mol. The van der Waals surface area contributed by atoms with Crippen LogP contribution in [-0.2, 0) is 0 Å². The first-order valence-corrected chi connectivity index (χ1v) is 12.6. The topological polar surface area (TPSA) is 20.2 Å². The van der Waals surface area contributed by atoms with Gasteiger partial charge in [-0.2, -0.15) is 0 Å². The van der Waals surface area contributed by atoms with Gasteiger partial charge in [-0.25, -0.2) is 0 Å². The average Bonchev–Trinajstić information content (AvgIpc) is 2.92. The minimum absolute atomic E-state index is 0.141. The van der Waals surface area contributed by atoms with Crippen LogP contribution in [0, 0.1) is 40.4 Å². The Labute approximate surface area is 174 Å². The van der Waals surface area contributed by atoms with Crippen molar-refractivity contribution in [1.29, 1.82) is 0 Å². The van der Waals surface area contributed by atoms with Gasteiger partial charge in [0, 0.05) is 0 Å². The lowest BCUT2D eigenvalue weighted by Crippen LogP contribution is -2.60. The van der Waals surface area contributed by atoms with Gasteiger partial charge in [0.2, 0.25) is 0 Å². The van der Waals surface area contributed by atoms with E-state index in [1.807, 2.05) is 0 Å². The lowest BCUT2D eigenvalue weighted by Gasteiger charge is -2.61. The summed E-state index contributed by atoms with van der Waals surface area (Å²) in [7, 11) is 0. The van der Waals surface area contributed by atoms with E-state index in [9.17, 15) is 5.11 Å². The van der Waals surface area contributed by atoms with Gasteiger partial charge in [0.1, 0.15) is 0 Å². The van der Waals surface area contributed by atoms with Crippen LogP contribution < -0.4 is 0 Å². The molecule has 0 radical (unpaired) electrons. The summed E-state index contributed by atoms with van der Waals surface area (Å²) in [5, 5.41) is 12.3. The second kappa shape index (κ2) is 7.44. The smallest absolute Gasteiger partial charge is 0.0737 e. The predicted octanol–water partition coefficient (Wildman–Crippen LogP) is 7.53. The number of hydrogen-bond acceptors (Lipinski definition) is 1. The highest BCUT2D eigenvalue weighted by atomic mass is 16.3. The van der Waals surface area contributed by atoms with Crippen LogP contribution in [0.3, 0.4) is 0 Å². The molecule has 4 rings (SSSR count). The number of hydrogen-bond donors (Lipinski definition) is 1. The molecule has 4 aliphatic carbocycles. The minimum atomic E-state index is -0.421. The summed E-state index contributed by atoms with van der Waals surface area (Å²) in [5.74, 6) is 3.52. The minimum Gasteiger partial charge on any atom is -0.389 e. The summed E-state index contributed by atoms with van der Waals surface area (Å²) < 4.78 is 0. The molecule has 1 unspecified atom stereocenters. The largest absolute Gasteiger partial charge is 0.389 e. The Morgan fingerprint density at radius 3 is 2.54 bits per heavy atom. The quantitative estimate of drug-likeness (QED) is 0.484. The van der Waals surface area contributed by atoms with E-state index in [1.165, 1.54) is 64.2 Å². The highest BCUT2D eigenvalue weighted by Gasteiger charge is 2.66. The number of aliphatic hydroxyl groups is 1. The molecule has 1 heteroatoms. The molecule has 1 N–H and O–H groups in total. The SMILES string of the molecule is CC(C)CCC[C@@H](C)[C@H]1CCC2(O)[C@@H]3CC=C4CCCC[C@]4(C)[C@H]3CC[C@]12C. The molecule has 28 heavy (non-hydrogen) atoms. The third-order valence-corrected chi connectivity index (χ3v) is 10.4. The van der Waals surface area contributed by atoms with Gasteiger partial charge >= 0.3 is 0 Å². The fourth-order valence-electron chi connectivity index (χ4n) is 8.67. The zero-order chi connectivity index (χ0) is 20.2. The molecule has 7 atom stereocenters. The van der Waals surface area contributed by atoms with Crippen molar-refractivity contribution in [3.05, 3.63) is 11.6 Å². The van der Waals surface area contributed by atoms with Crippen LogP contribution in [0.15, 0.2) is 11.6 Å². The van der Waals surface area contributed by atoms with Crippen molar-refractivity contribution in [1.82, 2.24) is 0 Å². The van der Waals surface area contributed by atoms with Crippen molar-refractivity contribution in [3.63, 3.8) is 0 Å². The van der Waals surface area contributed by atoms with Crippen LogP contribution in [0.25, 0.3) is 0 Å². The van der Waals surface area contributed by atoms with Crippen LogP contribution in [0.1, 0.15) is 112 Å². The summed E-state index contributed by atoms with van der Waals surface area (Å²) in [6.45, 7) is 12.2. The second-order valence-electron chi connectivity index (χ2n) is 12.1. The van der Waals surface area contributed by atoms with Gasteiger partial charge in [0.25, 0.3) is 0 Å². The Balaban J connectivity index is 1.55. The van der Waals surface area contributed by atoms with Crippen molar-refractivity contribution in [3.8, 4) is 0 Å². The molecule has 0 aromatic heterocycles. The highest BCUT2D eigenvalue weighted by Crippen LogP contribution is 2.69. The first-order chi connectivity index (χ1) is 13.2. The maximum atomic E-state index is 12.3. The van der Waals surface area contributed by atoms with E-state index < -0.39 is 5.60 Å². The van der Waals surface area contributed by atoms with E-state index in [2.05, 4.69) is 40.7 Å². The summed E-state index contributed by atoms with van der Waals surface area (Å²) in [6.07, 6.45) is 18.2. The van der Waals surface area contributed by atoms with E-state index in [0.29, 0.717) is 11.3 Å². The first-order valence-electron chi connectivity index (χ1n) is 12.6. The van der Waals surface area contributed by atoms with E-state index in [4.69, 9.17) is 0 Å². The van der Waals surface area contributed by atoms with E-state index in [-0.39, 0.29) is 5.41 Å². The van der Waals surface area contributed by atoms with Gasteiger partial charge in [0.15, 0.2) is 0 Å². The van der Waals surface area contributed by atoms with Crippen LogP contribution in [0.5, 0.6) is 0 Å². The van der Waals surface area contributed by atoms with Crippen LogP contribution in [-0.4, -0.2) is 10.7 Å². The number of fused-ring (bicyclic) bond motifs is 5. The third-order valence-electron chi connectivity index (χ3n) is 10.4. The molecular formula is C27H46O. The molecule has 0 bridgehead atoms. The molecule has 1 nitrogen and oxygen atoms in total. The van der Waals surface area contributed by atoms with Crippen LogP contribution in [0.2, 0.25) is 0 Å². The molecule has 0 aliphatic heterocycles. The second-order valence-corrected chi connectivity index (χ2v) is 12.1. The maximum absolute atomic E-state index is 12.3. The van der Waals surface area contributed by atoms with Crippen molar-refractivity contribution < 1.29 is 5.11 Å². The van der Waals surface area contributed by atoms with Crippen molar-refractivity contribution in [2.24, 2.45) is 40.4 Å². The fraction of sp³-hybridized carbons (Fsp3) is 0.926.